The second kappa shape index (κ2) is 10.7. The minimum atomic E-state index is -1.37. The molecule has 2 aromatic rings. The van der Waals surface area contributed by atoms with Crippen molar-refractivity contribution < 1.29 is 34.0 Å². The molecule has 0 spiro atoms. The number of aliphatic hydroxyl groups is 1. The van der Waals surface area contributed by atoms with Crippen molar-refractivity contribution >= 4 is 12.2 Å². The Morgan fingerprint density at radius 2 is 1.22 bits per heavy atom. The molecule has 0 aliphatic heterocycles. The highest BCUT2D eigenvalue weighted by Crippen LogP contribution is 2.30. The molecule has 0 aliphatic rings. The molecule has 4 N–H and O–H groups in total. The van der Waals surface area contributed by atoms with E-state index in [4.69, 9.17) is 14.2 Å². The number of carboxylic acid groups (broad SMARTS) is 1. The van der Waals surface area contributed by atoms with Crippen LogP contribution in [0.4, 0.5) is 9.59 Å². The van der Waals surface area contributed by atoms with Crippen LogP contribution in [0.3, 0.4) is 0 Å². The van der Waals surface area contributed by atoms with Crippen molar-refractivity contribution in [2.45, 2.75) is 44.6 Å². The van der Waals surface area contributed by atoms with Gasteiger partial charge in [0.05, 0.1) is 26.3 Å². The highest BCUT2D eigenvalue weighted by molar-refractivity contribution is 5.69. The molecule has 0 saturated heterocycles. The van der Waals surface area contributed by atoms with Crippen molar-refractivity contribution in [1.82, 2.24) is 10.6 Å². The van der Waals surface area contributed by atoms with Crippen LogP contribution in [0.15, 0.2) is 48.5 Å². The summed E-state index contributed by atoms with van der Waals surface area (Å²) in [4.78, 5) is 24.0. The highest BCUT2D eigenvalue weighted by Gasteiger charge is 2.34. The van der Waals surface area contributed by atoms with Crippen molar-refractivity contribution in [1.29, 1.82) is 0 Å². The first kappa shape index (κ1) is 24.8. The number of nitrogens with one attached hydrogen (secondary N) is 2. The molecule has 0 radical (unpaired) electrons. The van der Waals surface area contributed by atoms with Crippen molar-refractivity contribution in [2.75, 3.05) is 14.2 Å². The Morgan fingerprint density at radius 1 is 0.812 bits per heavy atom. The van der Waals surface area contributed by atoms with Crippen LogP contribution in [0.25, 0.3) is 0 Å². The van der Waals surface area contributed by atoms with Crippen molar-refractivity contribution in [2.24, 2.45) is 0 Å². The number of amides is 2. The van der Waals surface area contributed by atoms with E-state index < -0.39 is 36.0 Å². The van der Waals surface area contributed by atoms with Gasteiger partial charge < -0.3 is 35.1 Å². The molecule has 0 aliphatic carbocycles. The van der Waals surface area contributed by atoms with Crippen LogP contribution >= 0.6 is 0 Å². The SMILES string of the molecule is COc1ccc([C@@H](NC(=O)O)C(O)[C@H](NC(=O)OC(C)(C)C)c2ccc(OC)cc2)cc1. The zero-order chi connectivity index (χ0) is 23.9. The summed E-state index contributed by atoms with van der Waals surface area (Å²) in [5.74, 6) is 1.17. The van der Waals surface area contributed by atoms with Crippen molar-refractivity contribution in [3.05, 3.63) is 59.7 Å². The first-order chi connectivity index (χ1) is 15.0. The van der Waals surface area contributed by atoms with Gasteiger partial charge in [-0.3, -0.25) is 0 Å². The van der Waals surface area contributed by atoms with E-state index in [0.29, 0.717) is 22.6 Å². The number of carbonyl (C=O) groups excluding carboxylic acids is 1. The quantitative estimate of drug-likeness (QED) is 0.488. The average Bonchev–Trinajstić information content (AvgIpc) is 2.74. The van der Waals surface area contributed by atoms with Crippen molar-refractivity contribution in [3.63, 3.8) is 0 Å². The van der Waals surface area contributed by atoms with E-state index in [2.05, 4.69) is 10.6 Å². The van der Waals surface area contributed by atoms with E-state index in [9.17, 15) is 19.8 Å². The van der Waals surface area contributed by atoms with E-state index in [1.807, 2.05) is 0 Å². The molecule has 1 unspecified atom stereocenters. The maximum absolute atomic E-state index is 12.5. The first-order valence-electron chi connectivity index (χ1n) is 9.99. The lowest BCUT2D eigenvalue weighted by Crippen LogP contribution is -2.45. The Morgan fingerprint density at radius 3 is 1.56 bits per heavy atom. The van der Waals surface area contributed by atoms with Gasteiger partial charge >= 0.3 is 12.2 Å². The second-order valence-corrected chi connectivity index (χ2v) is 8.09. The number of rotatable bonds is 8. The fourth-order valence-electron chi connectivity index (χ4n) is 3.11. The molecule has 2 aromatic carbocycles. The molecule has 0 fully saturated rings. The minimum absolute atomic E-state index is 0.491. The van der Waals surface area contributed by atoms with E-state index in [1.54, 1.807) is 69.3 Å². The molecule has 3 atom stereocenters. The summed E-state index contributed by atoms with van der Waals surface area (Å²) in [5.41, 5.74) is 0.272. The molecule has 32 heavy (non-hydrogen) atoms. The Balaban J connectivity index is 2.43. The molecule has 174 valence electrons. The van der Waals surface area contributed by atoms with E-state index in [-0.39, 0.29) is 0 Å². The topological polar surface area (TPSA) is 126 Å². The van der Waals surface area contributed by atoms with E-state index >= 15 is 0 Å². The van der Waals surface area contributed by atoms with Gasteiger partial charge in [0, 0.05) is 0 Å². The van der Waals surface area contributed by atoms with E-state index in [0.717, 1.165) is 0 Å². The van der Waals surface area contributed by atoms with Crippen LogP contribution in [0.5, 0.6) is 11.5 Å². The molecular formula is C23H30N2O7. The summed E-state index contributed by atoms with van der Waals surface area (Å²) in [6.07, 6.45) is -3.45. The van der Waals surface area contributed by atoms with Gasteiger partial charge in [0.25, 0.3) is 0 Å². The third kappa shape index (κ3) is 7.05. The summed E-state index contributed by atoms with van der Waals surface area (Å²) in [6.45, 7) is 5.16. The Labute approximate surface area is 187 Å². The zero-order valence-corrected chi connectivity index (χ0v) is 18.8. The normalized spacial score (nSPS) is 13.9. The maximum atomic E-state index is 12.5. The van der Waals surface area contributed by atoms with Gasteiger partial charge in [0.1, 0.15) is 23.2 Å². The van der Waals surface area contributed by atoms with Crippen LogP contribution < -0.4 is 20.1 Å². The summed E-state index contributed by atoms with van der Waals surface area (Å²) >= 11 is 0. The number of hydrogen-bond donors (Lipinski definition) is 4. The number of hydrogen-bond acceptors (Lipinski definition) is 6. The summed E-state index contributed by atoms with van der Waals surface area (Å²) in [5, 5.41) is 25.6. The maximum Gasteiger partial charge on any atom is 0.408 e. The number of ether oxygens (including phenoxy) is 3. The number of alkyl carbamates (subject to hydrolysis) is 1. The van der Waals surface area contributed by atoms with Gasteiger partial charge in [0.15, 0.2) is 0 Å². The third-order valence-corrected chi connectivity index (χ3v) is 4.58. The second-order valence-electron chi connectivity index (χ2n) is 8.09. The number of aliphatic hydroxyl groups excluding tert-OH is 1. The lowest BCUT2D eigenvalue weighted by Gasteiger charge is -2.32. The smallest absolute Gasteiger partial charge is 0.408 e. The number of methoxy groups -OCH3 is 2. The van der Waals surface area contributed by atoms with Crippen LogP contribution in [-0.2, 0) is 4.74 Å². The largest absolute Gasteiger partial charge is 0.497 e. The Kier molecular flexibility index (Phi) is 8.31. The van der Waals surface area contributed by atoms with Gasteiger partial charge in [-0.2, -0.15) is 0 Å². The fourth-order valence-corrected chi connectivity index (χ4v) is 3.11. The van der Waals surface area contributed by atoms with Gasteiger partial charge in [-0.25, -0.2) is 9.59 Å². The van der Waals surface area contributed by atoms with E-state index in [1.165, 1.54) is 14.2 Å². The van der Waals surface area contributed by atoms with Gasteiger partial charge in [0.2, 0.25) is 0 Å². The van der Waals surface area contributed by atoms with Crippen LogP contribution in [-0.4, -0.2) is 48.3 Å². The standard InChI is InChI=1S/C23H30N2O7/c1-23(2,3)32-22(29)25-19(15-8-12-17(31-5)13-9-15)20(26)18(24-21(27)28)14-6-10-16(30-4)11-7-14/h6-13,18-20,24,26H,1-5H3,(H,25,29)(H,27,28)/t18-,19-,20?/m1/s1. The van der Waals surface area contributed by atoms with Gasteiger partial charge in [-0.1, -0.05) is 24.3 Å². The molecule has 9 heteroatoms. The van der Waals surface area contributed by atoms with Crippen LogP contribution in [0, 0.1) is 0 Å². The Hall–Kier alpha value is -3.46. The zero-order valence-electron chi connectivity index (χ0n) is 18.8. The Bertz CT molecular complexity index is 892. The average molecular weight is 447 g/mol. The molecule has 0 bridgehead atoms. The number of carbonyl (C=O) groups is 2. The van der Waals surface area contributed by atoms with Crippen molar-refractivity contribution in [3.8, 4) is 11.5 Å². The monoisotopic (exact) mass is 446 g/mol. The predicted molar refractivity (Wildman–Crippen MR) is 118 cm³/mol. The highest BCUT2D eigenvalue weighted by atomic mass is 16.6. The lowest BCUT2D eigenvalue weighted by molar-refractivity contribution is 0.0366. The molecule has 0 heterocycles. The first-order valence-corrected chi connectivity index (χ1v) is 9.99. The molecule has 2 amide bonds. The summed E-state index contributed by atoms with van der Waals surface area (Å²) in [6, 6.07) is 11.3. The van der Waals surface area contributed by atoms with Gasteiger partial charge in [-0.05, 0) is 56.2 Å². The summed E-state index contributed by atoms with van der Waals surface area (Å²) in [7, 11) is 3.04. The van der Waals surface area contributed by atoms with Crippen LogP contribution in [0.2, 0.25) is 0 Å². The molecule has 0 aromatic heterocycles. The number of benzene rings is 2. The van der Waals surface area contributed by atoms with Crippen LogP contribution in [0.1, 0.15) is 44.0 Å². The summed E-state index contributed by atoms with van der Waals surface area (Å²) < 4.78 is 15.7. The lowest BCUT2D eigenvalue weighted by atomic mass is 9.91. The molecular weight excluding hydrogens is 416 g/mol. The third-order valence-electron chi connectivity index (χ3n) is 4.58. The predicted octanol–water partition coefficient (Wildman–Crippen LogP) is 3.64. The molecule has 2 rings (SSSR count). The van der Waals surface area contributed by atoms with Gasteiger partial charge in [-0.15, -0.1) is 0 Å². The molecule has 9 nitrogen and oxygen atoms in total. The fraction of sp³-hybridized carbons (Fsp3) is 0.391. The minimum Gasteiger partial charge on any atom is -0.497 e. The molecule has 0 saturated carbocycles.